The molecule has 1 aromatic carbocycles. The van der Waals surface area contributed by atoms with Crippen LogP contribution in [0.4, 0.5) is 5.69 Å². The number of hydrogen-bond acceptors (Lipinski definition) is 4. The van der Waals surface area contributed by atoms with E-state index >= 15 is 0 Å². The maximum absolute atomic E-state index is 11.7. The molecular formula is C11H10ClN3O2. The van der Waals surface area contributed by atoms with Gasteiger partial charge in [-0.3, -0.25) is 4.79 Å². The van der Waals surface area contributed by atoms with E-state index in [1.165, 1.54) is 0 Å². The number of anilines is 1. The van der Waals surface area contributed by atoms with Crippen molar-refractivity contribution < 1.29 is 9.53 Å². The number of amides is 1. The average molecular weight is 252 g/mol. The molecule has 0 aliphatic carbocycles. The highest BCUT2D eigenvalue weighted by atomic mass is 35.5. The maximum Gasteiger partial charge on any atom is 0.265 e. The second-order valence-corrected chi connectivity index (χ2v) is 4.14. The van der Waals surface area contributed by atoms with Gasteiger partial charge in [0.2, 0.25) is 0 Å². The molecule has 5 nitrogen and oxygen atoms in total. The van der Waals surface area contributed by atoms with Crippen molar-refractivity contribution in [1.82, 2.24) is 0 Å². The molecule has 2 atom stereocenters. The maximum atomic E-state index is 11.7. The fourth-order valence-electron chi connectivity index (χ4n) is 1.56. The van der Waals surface area contributed by atoms with E-state index in [1.807, 2.05) is 6.07 Å². The average Bonchev–Trinajstić information content (AvgIpc) is 2.30. The van der Waals surface area contributed by atoms with Gasteiger partial charge in [-0.05, 0) is 18.2 Å². The van der Waals surface area contributed by atoms with Crippen LogP contribution in [-0.4, -0.2) is 18.1 Å². The van der Waals surface area contributed by atoms with Crippen molar-refractivity contribution >= 4 is 23.2 Å². The first kappa shape index (κ1) is 11.7. The van der Waals surface area contributed by atoms with Gasteiger partial charge in [-0.15, -0.1) is 0 Å². The third-order valence-electron chi connectivity index (χ3n) is 2.39. The smallest absolute Gasteiger partial charge is 0.265 e. The molecule has 0 saturated heterocycles. The van der Waals surface area contributed by atoms with Crippen LogP contribution in [-0.2, 0) is 4.79 Å². The molecule has 88 valence electrons. The number of fused-ring (bicyclic) bond motifs is 1. The molecule has 0 spiro atoms. The first-order valence-electron chi connectivity index (χ1n) is 5.02. The van der Waals surface area contributed by atoms with Crippen LogP contribution < -0.4 is 15.8 Å². The Bertz CT molecular complexity index is 498. The predicted octanol–water partition coefficient (Wildman–Crippen LogP) is 1.28. The van der Waals surface area contributed by atoms with E-state index < -0.39 is 12.1 Å². The molecule has 1 amide bonds. The Morgan fingerprint density at radius 2 is 2.41 bits per heavy atom. The van der Waals surface area contributed by atoms with Crippen LogP contribution in [0.2, 0.25) is 5.02 Å². The van der Waals surface area contributed by atoms with E-state index in [4.69, 9.17) is 27.3 Å². The molecule has 2 unspecified atom stereocenters. The van der Waals surface area contributed by atoms with Crippen molar-refractivity contribution in [3.8, 4) is 11.8 Å². The SMILES string of the molecule is N#CC(N)CC1Oc2ccc(Cl)cc2NC1=O. The number of nitrogens with two attached hydrogens (primary N) is 1. The summed E-state index contributed by atoms with van der Waals surface area (Å²) in [4.78, 5) is 11.7. The van der Waals surface area contributed by atoms with Crippen LogP contribution >= 0.6 is 11.6 Å². The second-order valence-electron chi connectivity index (χ2n) is 3.71. The van der Waals surface area contributed by atoms with Crippen LogP contribution in [0.5, 0.6) is 5.75 Å². The van der Waals surface area contributed by atoms with Gasteiger partial charge in [-0.25, -0.2) is 0 Å². The lowest BCUT2D eigenvalue weighted by Crippen LogP contribution is -2.40. The Morgan fingerprint density at radius 3 is 3.12 bits per heavy atom. The Morgan fingerprint density at radius 1 is 1.65 bits per heavy atom. The standard InChI is InChI=1S/C11H10ClN3O2/c12-6-1-2-9-8(3-6)15-11(16)10(17-9)4-7(14)5-13/h1-3,7,10H,4,14H2,(H,15,16). The van der Waals surface area contributed by atoms with Crippen molar-refractivity contribution in [1.29, 1.82) is 5.26 Å². The van der Waals surface area contributed by atoms with Gasteiger partial charge in [-0.1, -0.05) is 11.6 Å². The number of ether oxygens (including phenoxy) is 1. The summed E-state index contributed by atoms with van der Waals surface area (Å²) in [7, 11) is 0. The molecule has 0 aromatic heterocycles. The van der Waals surface area contributed by atoms with Crippen molar-refractivity contribution in [2.45, 2.75) is 18.6 Å². The Balaban J connectivity index is 2.19. The van der Waals surface area contributed by atoms with Crippen molar-refractivity contribution in [2.24, 2.45) is 5.73 Å². The number of benzene rings is 1. The molecule has 3 N–H and O–H groups in total. The van der Waals surface area contributed by atoms with E-state index in [-0.39, 0.29) is 12.3 Å². The number of hydrogen-bond donors (Lipinski definition) is 2. The van der Waals surface area contributed by atoms with Gasteiger partial charge in [0.1, 0.15) is 5.75 Å². The molecule has 0 fully saturated rings. The minimum absolute atomic E-state index is 0.157. The number of halogens is 1. The highest BCUT2D eigenvalue weighted by Gasteiger charge is 2.29. The van der Waals surface area contributed by atoms with E-state index in [9.17, 15) is 4.79 Å². The zero-order valence-corrected chi connectivity index (χ0v) is 9.57. The Hall–Kier alpha value is -1.77. The lowest BCUT2D eigenvalue weighted by atomic mass is 10.1. The van der Waals surface area contributed by atoms with Gasteiger partial charge < -0.3 is 15.8 Å². The summed E-state index contributed by atoms with van der Waals surface area (Å²) in [6, 6.07) is 6.08. The van der Waals surface area contributed by atoms with Gasteiger partial charge >= 0.3 is 0 Å². The first-order valence-corrected chi connectivity index (χ1v) is 5.40. The van der Waals surface area contributed by atoms with Crippen molar-refractivity contribution in [3.63, 3.8) is 0 Å². The monoisotopic (exact) mass is 251 g/mol. The Kier molecular flexibility index (Phi) is 3.18. The number of rotatable bonds is 2. The summed E-state index contributed by atoms with van der Waals surface area (Å²) < 4.78 is 5.47. The molecule has 0 bridgehead atoms. The Labute approximate surface area is 103 Å². The third kappa shape index (κ3) is 2.49. The second kappa shape index (κ2) is 4.62. The number of nitrogens with one attached hydrogen (secondary N) is 1. The molecule has 1 aromatic rings. The number of carbonyl (C=O) groups is 1. The third-order valence-corrected chi connectivity index (χ3v) is 2.63. The first-order chi connectivity index (χ1) is 8.10. The van der Waals surface area contributed by atoms with Crippen LogP contribution in [0.25, 0.3) is 0 Å². The van der Waals surface area contributed by atoms with Crippen LogP contribution in [0.15, 0.2) is 18.2 Å². The summed E-state index contributed by atoms with van der Waals surface area (Å²) in [5, 5.41) is 11.8. The molecular weight excluding hydrogens is 242 g/mol. The summed E-state index contributed by atoms with van der Waals surface area (Å²) in [5.41, 5.74) is 6.00. The lowest BCUT2D eigenvalue weighted by Gasteiger charge is -2.26. The predicted molar refractivity (Wildman–Crippen MR) is 62.7 cm³/mol. The van der Waals surface area contributed by atoms with Gasteiger partial charge in [0.15, 0.2) is 6.10 Å². The molecule has 0 radical (unpaired) electrons. The highest BCUT2D eigenvalue weighted by Crippen LogP contribution is 2.32. The fraction of sp³-hybridized carbons (Fsp3) is 0.273. The van der Waals surface area contributed by atoms with E-state index in [0.717, 1.165) is 0 Å². The molecule has 17 heavy (non-hydrogen) atoms. The number of nitriles is 1. The van der Waals surface area contributed by atoms with E-state index in [1.54, 1.807) is 18.2 Å². The van der Waals surface area contributed by atoms with E-state index in [2.05, 4.69) is 5.32 Å². The fourth-order valence-corrected chi connectivity index (χ4v) is 1.73. The van der Waals surface area contributed by atoms with Crippen LogP contribution in [0.3, 0.4) is 0 Å². The molecule has 1 aliphatic heterocycles. The number of carbonyl (C=O) groups excluding carboxylic acids is 1. The normalized spacial score (nSPS) is 19.6. The van der Waals surface area contributed by atoms with Crippen molar-refractivity contribution in [2.75, 3.05) is 5.32 Å². The van der Waals surface area contributed by atoms with Gasteiger partial charge in [0.25, 0.3) is 5.91 Å². The van der Waals surface area contributed by atoms with Crippen LogP contribution in [0.1, 0.15) is 6.42 Å². The zero-order valence-electron chi connectivity index (χ0n) is 8.81. The zero-order chi connectivity index (χ0) is 12.4. The molecule has 1 heterocycles. The minimum atomic E-state index is -0.738. The minimum Gasteiger partial charge on any atom is -0.478 e. The summed E-state index contributed by atoms with van der Waals surface area (Å²) in [5.74, 6) is 0.217. The largest absolute Gasteiger partial charge is 0.478 e. The van der Waals surface area contributed by atoms with Gasteiger partial charge in [-0.2, -0.15) is 5.26 Å². The van der Waals surface area contributed by atoms with E-state index in [0.29, 0.717) is 16.5 Å². The molecule has 6 heteroatoms. The number of nitrogens with zero attached hydrogens (tertiary/aromatic N) is 1. The lowest BCUT2D eigenvalue weighted by molar-refractivity contribution is -0.123. The topological polar surface area (TPSA) is 88.1 Å². The molecule has 0 saturated carbocycles. The summed E-state index contributed by atoms with van der Waals surface area (Å²) in [6.07, 6.45) is -0.581. The summed E-state index contributed by atoms with van der Waals surface area (Å²) in [6.45, 7) is 0. The molecule has 1 aliphatic rings. The van der Waals surface area contributed by atoms with Gasteiger partial charge in [0, 0.05) is 11.4 Å². The molecule has 2 rings (SSSR count). The van der Waals surface area contributed by atoms with Crippen LogP contribution in [0, 0.1) is 11.3 Å². The highest BCUT2D eigenvalue weighted by molar-refractivity contribution is 6.31. The van der Waals surface area contributed by atoms with Crippen molar-refractivity contribution in [3.05, 3.63) is 23.2 Å². The summed E-state index contributed by atoms with van der Waals surface area (Å²) >= 11 is 5.80. The quantitative estimate of drug-likeness (QED) is 0.829. The van der Waals surface area contributed by atoms with Gasteiger partial charge in [0.05, 0.1) is 17.8 Å².